The fourth-order valence-corrected chi connectivity index (χ4v) is 3.74. The summed E-state index contributed by atoms with van der Waals surface area (Å²) >= 11 is 0. The Balaban J connectivity index is 1.69. The first-order valence-electron chi connectivity index (χ1n) is 12.0. The van der Waals surface area contributed by atoms with Gasteiger partial charge in [-0.2, -0.15) is 0 Å². The van der Waals surface area contributed by atoms with Gasteiger partial charge in [-0.1, -0.05) is 42.5 Å². The van der Waals surface area contributed by atoms with Crippen LogP contribution >= 0.6 is 0 Å². The van der Waals surface area contributed by atoms with Gasteiger partial charge in [-0.3, -0.25) is 14.4 Å². The molecule has 1 heterocycles. The van der Waals surface area contributed by atoms with Gasteiger partial charge < -0.3 is 24.3 Å². The summed E-state index contributed by atoms with van der Waals surface area (Å²) in [4.78, 5) is 50.1. The van der Waals surface area contributed by atoms with E-state index in [0.29, 0.717) is 12.4 Å². The molecule has 1 aliphatic heterocycles. The summed E-state index contributed by atoms with van der Waals surface area (Å²) in [5.74, 6) is -5.14. The van der Waals surface area contributed by atoms with Crippen molar-refractivity contribution < 1.29 is 38.1 Å². The van der Waals surface area contributed by atoms with Gasteiger partial charge in [-0.05, 0) is 50.5 Å². The number of hydrogen-bond donors (Lipinski definition) is 1. The number of cyclic esters (lactones) is 2. The summed E-state index contributed by atoms with van der Waals surface area (Å²) in [7, 11) is 0. The average molecular weight is 512 g/mol. The van der Waals surface area contributed by atoms with E-state index >= 15 is 0 Å². The van der Waals surface area contributed by atoms with Crippen LogP contribution in [0.2, 0.25) is 0 Å². The van der Waals surface area contributed by atoms with E-state index in [1.54, 1.807) is 32.9 Å². The van der Waals surface area contributed by atoms with E-state index < -0.39 is 47.2 Å². The number of ether oxygens (including phenoxy) is 4. The number of ketones is 1. The molecule has 1 N–H and O–H groups in total. The lowest BCUT2D eigenvalue weighted by Crippen LogP contribution is -2.50. The van der Waals surface area contributed by atoms with Gasteiger partial charge in [0.15, 0.2) is 5.78 Å². The maximum Gasteiger partial charge on any atom is 0.407 e. The third-order valence-corrected chi connectivity index (χ3v) is 5.31. The van der Waals surface area contributed by atoms with Crippen molar-refractivity contribution in [3.05, 3.63) is 65.7 Å². The minimum Gasteiger partial charge on any atom is -0.489 e. The molecule has 0 spiro atoms. The molecule has 9 heteroatoms. The van der Waals surface area contributed by atoms with Crippen LogP contribution in [0, 0.1) is 5.92 Å². The van der Waals surface area contributed by atoms with E-state index in [0.717, 1.165) is 11.1 Å². The Kier molecular flexibility index (Phi) is 8.57. The van der Waals surface area contributed by atoms with Crippen LogP contribution < -0.4 is 10.1 Å². The molecule has 1 fully saturated rings. The molecule has 2 aromatic carbocycles. The summed E-state index contributed by atoms with van der Waals surface area (Å²) in [5.41, 5.74) is 1.09. The van der Waals surface area contributed by atoms with Gasteiger partial charge in [0, 0.05) is 26.3 Å². The van der Waals surface area contributed by atoms with Gasteiger partial charge in [-0.15, -0.1) is 0 Å². The van der Waals surface area contributed by atoms with Crippen LogP contribution in [0.15, 0.2) is 54.6 Å². The molecule has 0 bridgehead atoms. The highest BCUT2D eigenvalue weighted by atomic mass is 16.7. The molecular weight excluding hydrogens is 478 g/mol. The highest BCUT2D eigenvalue weighted by Crippen LogP contribution is 2.25. The molecule has 1 aliphatic rings. The van der Waals surface area contributed by atoms with E-state index in [9.17, 15) is 19.2 Å². The zero-order valence-corrected chi connectivity index (χ0v) is 21.7. The lowest BCUT2D eigenvalue weighted by atomic mass is 9.94. The van der Waals surface area contributed by atoms with E-state index in [-0.39, 0.29) is 12.8 Å². The number of alkyl carbamates (subject to hydrolysis) is 1. The van der Waals surface area contributed by atoms with Crippen molar-refractivity contribution in [1.82, 2.24) is 5.32 Å². The standard InChI is InChI=1S/C28H33NO8/c1-27(2,3)37-26(33)29-20(16-22(30)23-24(31)35-28(4,5)36-25(23)32)15-18-11-13-21(14-12-18)34-17-19-9-7-6-8-10-19/h6-14,20,23H,15-17H2,1-5H3,(H,29,33). The number of benzene rings is 2. The highest BCUT2D eigenvalue weighted by molar-refractivity contribution is 6.16. The average Bonchev–Trinajstić information content (AvgIpc) is 2.76. The molecule has 1 atom stereocenters. The first-order valence-corrected chi connectivity index (χ1v) is 12.0. The van der Waals surface area contributed by atoms with Crippen molar-refractivity contribution in [3.8, 4) is 5.75 Å². The van der Waals surface area contributed by atoms with E-state index in [2.05, 4.69) is 5.32 Å². The van der Waals surface area contributed by atoms with Crippen LogP contribution in [0.1, 0.15) is 52.2 Å². The third-order valence-electron chi connectivity index (χ3n) is 5.31. The first kappa shape index (κ1) is 27.7. The molecule has 3 rings (SSSR count). The Hall–Kier alpha value is -3.88. The molecule has 1 amide bonds. The van der Waals surface area contributed by atoms with Gasteiger partial charge in [0.05, 0.1) is 0 Å². The zero-order valence-electron chi connectivity index (χ0n) is 21.7. The van der Waals surface area contributed by atoms with Crippen molar-refractivity contribution in [3.63, 3.8) is 0 Å². The Bertz CT molecular complexity index is 1100. The van der Waals surface area contributed by atoms with Gasteiger partial charge in [-0.25, -0.2) is 4.79 Å². The van der Waals surface area contributed by atoms with Crippen molar-refractivity contribution in [1.29, 1.82) is 0 Å². The molecule has 0 aromatic heterocycles. The molecule has 198 valence electrons. The van der Waals surface area contributed by atoms with Crippen LogP contribution in [-0.2, 0) is 41.6 Å². The molecule has 0 aliphatic carbocycles. The second-order valence-electron chi connectivity index (χ2n) is 10.3. The molecule has 1 saturated heterocycles. The fourth-order valence-electron chi connectivity index (χ4n) is 3.74. The van der Waals surface area contributed by atoms with Gasteiger partial charge in [0.2, 0.25) is 5.92 Å². The number of carbonyl (C=O) groups excluding carboxylic acids is 4. The summed E-state index contributed by atoms with van der Waals surface area (Å²) in [5, 5.41) is 2.68. The number of esters is 2. The largest absolute Gasteiger partial charge is 0.489 e. The van der Waals surface area contributed by atoms with Crippen LogP contribution in [0.4, 0.5) is 4.79 Å². The fraction of sp³-hybridized carbons (Fsp3) is 0.429. The van der Waals surface area contributed by atoms with Crippen molar-refractivity contribution >= 4 is 23.8 Å². The van der Waals surface area contributed by atoms with Crippen LogP contribution in [0.3, 0.4) is 0 Å². The summed E-state index contributed by atoms with van der Waals surface area (Å²) in [6, 6.07) is 16.2. The van der Waals surface area contributed by atoms with Crippen molar-refractivity contribution in [2.75, 3.05) is 0 Å². The molecule has 9 nitrogen and oxygen atoms in total. The molecule has 0 radical (unpaired) electrons. The van der Waals surface area contributed by atoms with Crippen LogP contribution in [-0.4, -0.2) is 41.2 Å². The van der Waals surface area contributed by atoms with Gasteiger partial charge in [0.1, 0.15) is 18.0 Å². The highest BCUT2D eigenvalue weighted by Gasteiger charge is 2.47. The normalized spacial score (nSPS) is 16.2. The van der Waals surface area contributed by atoms with E-state index in [1.807, 2.05) is 42.5 Å². The van der Waals surface area contributed by atoms with E-state index in [1.165, 1.54) is 13.8 Å². The Morgan fingerprint density at radius 1 is 0.946 bits per heavy atom. The number of rotatable bonds is 9. The molecule has 2 aromatic rings. The minimum atomic E-state index is -1.70. The quantitative estimate of drug-likeness (QED) is 0.395. The lowest BCUT2D eigenvalue weighted by Gasteiger charge is -2.32. The topological polar surface area (TPSA) is 117 Å². The third kappa shape index (κ3) is 8.63. The molecular formula is C28H33NO8. The predicted molar refractivity (Wildman–Crippen MR) is 133 cm³/mol. The van der Waals surface area contributed by atoms with Crippen molar-refractivity contribution in [2.45, 2.75) is 71.5 Å². The number of carbonyl (C=O) groups is 4. The molecule has 1 unspecified atom stereocenters. The number of Topliss-reactive ketones (excluding diaryl/α,β-unsaturated/α-hetero) is 1. The Morgan fingerprint density at radius 2 is 1.54 bits per heavy atom. The van der Waals surface area contributed by atoms with Gasteiger partial charge in [0.25, 0.3) is 5.79 Å². The SMILES string of the molecule is CC(C)(C)OC(=O)NC(CC(=O)C1C(=O)OC(C)(C)OC1=O)Cc1ccc(OCc2ccccc2)cc1. The molecule has 37 heavy (non-hydrogen) atoms. The number of hydrogen-bond acceptors (Lipinski definition) is 8. The first-order chi connectivity index (χ1) is 17.3. The van der Waals surface area contributed by atoms with Gasteiger partial charge >= 0.3 is 18.0 Å². The summed E-state index contributed by atoms with van der Waals surface area (Å²) in [6.45, 7) is 8.39. The smallest absolute Gasteiger partial charge is 0.407 e. The Morgan fingerprint density at radius 3 is 2.11 bits per heavy atom. The number of amides is 1. The summed E-state index contributed by atoms with van der Waals surface area (Å²) < 4.78 is 21.3. The maximum absolute atomic E-state index is 13.0. The second-order valence-corrected chi connectivity index (χ2v) is 10.3. The summed E-state index contributed by atoms with van der Waals surface area (Å²) in [6.07, 6.45) is -0.782. The molecule has 0 saturated carbocycles. The van der Waals surface area contributed by atoms with E-state index in [4.69, 9.17) is 18.9 Å². The second kappa shape index (κ2) is 11.5. The predicted octanol–water partition coefficient (Wildman–Crippen LogP) is 4.11. The monoisotopic (exact) mass is 511 g/mol. The van der Waals surface area contributed by atoms with Crippen LogP contribution in [0.25, 0.3) is 0 Å². The lowest BCUT2D eigenvalue weighted by molar-refractivity contribution is -0.238. The zero-order chi connectivity index (χ0) is 27.2. The van der Waals surface area contributed by atoms with Crippen molar-refractivity contribution in [2.24, 2.45) is 5.92 Å². The minimum absolute atomic E-state index is 0.242. The number of nitrogens with one attached hydrogen (secondary N) is 1. The van der Waals surface area contributed by atoms with Crippen LogP contribution in [0.5, 0.6) is 5.75 Å². The maximum atomic E-state index is 13.0. The Labute approximate surface area is 216 Å².